The molecule has 0 aliphatic carbocycles. The fourth-order valence-electron chi connectivity index (χ4n) is 9.77. The molecule has 0 saturated heterocycles. The Hall–Kier alpha value is -7.88. The minimum atomic E-state index is 0.893. The van der Waals surface area contributed by atoms with Gasteiger partial charge in [0.05, 0.1) is 33.1 Å². The normalized spacial score (nSPS) is 12.1. The van der Waals surface area contributed by atoms with Crippen LogP contribution in [0.15, 0.2) is 211 Å². The van der Waals surface area contributed by atoms with Crippen molar-refractivity contribution in [1.29, 1.82) is 0 Å². The lowest BCUT2D eigenvalue weighted by Crippen LogP contribution is -1.95. The fraction of sp³-hybridized carbons (Fsp3) is 0. The predicted molar refractivity (Wildman–Crippen MR) is 248 cm³/mol. The van der Waals surface area contributed by atoms with Gasteiger partial charge in [-0.3, -0.25) is 0 Å². The summed E-state index contributed by atoms with van der Waals surface area (Å²) in [7, 11) is 0. The summed E-state index contributed by atoms with van der Waals surface area (Å²) >= 11 is 0. The number of hydrogen-bond acceptors (Lipinski definition) is 1. The number of nitrogens with zero attached hydrogens (tertiary/aromatic N) is 2. The zero-order chi connectivity index (χ0) is 38.6. The molecule has 3 nitrogen and oxygen atoms in total. The van der Waals surface area contributed by atoms with Crippen molar-refractivity contribution in [2.45, 2.75) is 0 Å². The molecule has 0 radical (unpaired) electrons. The van der Waals surface area contributed by atoms with Gasteiger partial charge in [-0.15, -0.1) is 0 Å². The van der Waals surface area contributed by atoms with E-state index in [1.807, 2.05) is 6.07 Å². The molecule has 0 fully saturated rings. The van der Waals surface area contributed by atoms with Gasteiger partial charge < -0.3 is 13.6 Å². The lowest BCUT2D eigenvalue weighted by Gasteiger charge is -2.12. The van der Waals surface area contributed by atoms with Crippen LogP contribution in [0.3, 0.4) is 0 Å². The van der Waals surface area contributed by atoms with Crippen molar-refractivity contribution in [3.05, 3.63) is 206 Å². The Kier molecular flexibility index (Phi) is 6.72. The highest BCUT2D eigenvalue weighted by atomic mass is 16.3. The van der Waals surface area contributed by atoms with Crippen LogP contribution in [0.25, 0.3) is 121 Å². The van der Waals surface area contributed by atoms with E-state index in [1.54, 1.807) is 0 Å². The van der Waals surface area contributed by atoms with Gasteiger partial charge in [0.2, 0.25) is 0 Å². The van der Waals surface area contributed by atoms with Crippen LogP contribution in [0.2, 0.25) is 0 Å². The molecule has 274 valence electrons. The lowest BCUT2D eigenvalue weighted by atomic mass is 10.00. The van der Waals surface area contributed by atoms with Crippen molar-refractivity contribution < 1.29 is 4.42 Å². The number of benzene rings is 10. The molecule has 0 bridgehead atoms. The molecule has 3 aromatic heterocycles. The summed E-state index contributed by atoms with van der Waals surface area (Å²) in [4.78, 5) is 0. The van der Waals surface area contributed by atoms with Crippen molar-refractivity contribution in [2.75, 3.05) is 0 Å². The zero-order valence-corrected chi connectivity index (χ0v) is 31.9. The maximum atomic E-state index is 6.40. The van der Waals surface area contributed by atoms with Crippen LogP contribution in [0, 0.1) is 0 Å². The molecular formula is C56H34N2O. The summed E-state index contributed by atoms with van der Waals surface area (Å²) in [6.45, 7) is 0. The molecule has 0 aliphatic rings. The molecule has 0 unspecified atom stereocenters. The van der Waals surface area contributed by atoms with Gasteiger partial charge in [-0.1, -0.05) is 140 Å². The number of rotatable bonds is 4. The Labute approximate surface area is 339 Å². The van der Waals surface area contributed by atoms with Gasteiger partial charge >= 0.3 is 0 Å². The summed E-state index contributed by atoms with van der Waals surface area (Å²) in [6, 6.07) is 75.1. The molecule has 0 spiro atoms. The van der Waals surface area contributed by atoms with E-state index >= 15 is 0 Å². The largest absolute Gasteiger partial charge is 0.456 e. The van der Waals surface area contributed by atoms with Crippen LogP contribution in [0.1, 0.15) is 0 Å². The highest BCUT2D eigenvalue weighted by Gasteiger charge is 2.20. The van der Waals surface area contributed by atoms with Crippen LogP contribution in [0.4, 0.5) is 0 Å². The summed E-state index contributed by atoms with van der Waals surface area (Å²) in [5.74, 6) is 0. The van der Waals surface area contributed by atoms with Crippen LogP contribution >= 0.6 is 0 Å². The zero-order valence-electron chi connectivity index (χ0n) is 31.9. The third-order valence-electron chi connectivity index (χ3n) is 12.5. The summed E-state index contributed by atoms with van der Waals surface area (Å²) in [5.41, 5.74) is 13.7. The Morgan fingerprint density at radius 1 is 0.305 bits per heavy atom. The highest BCUT2D eigenvalue weighted by molar-refractivity contribution is 6.21. The molecular weight excluding hydrogens is 717 g/mol. The lowest BCUT2D eigenvalue weighted by molar-refractivity contribution is 0.669. The number of para-hydroxylation sites is 2. The molecule has 0 N–H and O–H groups in total. The van der Waals surface area contributed by atoms with E-state index < -0.39 is 0 Å². The number of furan rings is 1. The predicted octanol–water partition coefficient (Wildman–Crippen LogP) is 15.4. The van der Waals surface area contributed by atoms with Gasteiger partial charge in [-0.05, 0) is 105 Å². The standard InChI is InChI=1S/C56H34N2O/c1-2-11-35(12-3-1)37-21-22-39-32-42(27-23-38(39)31-37)57-49-17-8-6-15-44(49)47-33-40(25-29-50(47)57)41-26-30-51-48(34-41)45-28-24-36-13-4-5-14-43(36)56(45)58(51)52-18-10-20-54-55(52)46-16-7-9-19-53(46)59-54/h1-34H. The van der Waals surface area contributed by atoms with E-state index in [0.717, 1.165) is 33.3 Å². The molecule has 0 aliphatic heterocycles. The molecule has 59 heavy (non-hydrogen) atoms. The summed E-state index contributed by atoms with van der Waals surface area (Å²) < 4.78 is 11.3. The number of aromatic nitrogens is 2. The highest BCUT2D eigenvalue weighted by Crippen LogP contribution is 2.43. The average Bonchev–Trinajstić information content (AvgIpc) is 3.96. The first kappa shape index (κ1) is 32.2. The molecule has 13 aromatic rings. The van der Waals surface area contributed by atoms with E-state index in [-0.39, 0.29) is 0 Å². The maximum Gasteiger partial charge on any atom is 0.137 e. The second kappa shape index (κ2) is 12.3. The quantitative estimate of drug-likeness (QED) is 0.176. The topological polar surface area (TPSA) is 23.0 Å². The van der Waals surface area contributed by atoms with Crippen molar-refractivity contribution in [2.24, 2.45) is 0 Å². The van der Waals surface area contributed by atoms with Crippen LogP contribution in [-0.2, 0) is 0 Å². The molecule has 0 amide bonds. The van der Waals surface area contributed by atoms with E-state index in [9.17, 15) is 0 Å². The first-order chi connectivity index (χ1) is 29.2. The van der Waals surface area contributed by atoms with Gasteiger partial charge in [0, 0.05) is 38.0 Å². The van der Waals surface area contributed by atoms with Crippen LogP contribution in [0.5, 0.6) is 0 Å². The molecule has 10 aromatic carbocycles. The molecule has 3 heteroatoms. The number of fused-ring (bicyclic) bond motifs is 12. The minimum absolute atomic E-state index is 0.893. The van der Waals surface area contributed by atoms with E-state index in [0.29, 0.717) is 0 Å². The van der Waals surface area contributed by atoms with Crippen LogP contribution < -0.4 is 0 Å². The first-order valence-electron chi connectivity index (χ1n) is 20.2. The van der Waals surface area contributed by atoms with Gasteiger partial charge in [-0.2, -0.15) is 0 Å². The molecule has 0 atom stereocenters. The first-order valence-corrected chi connectivity index (χ1v) is 20.2. The Bertz CT molecular complexity index is 3840. The Morgan fingerprint density at radius 3 is 1.78 bits per heavy atom. The molecule has 0 saturated carbocycles. The maximum absolute atomic E-state index is 6.40. The smallest absolute Gasteiger partial charge is 0.137 e. The van der Waals surface area contributed by atoms with E-state index in [1.165, 1.54) is 87.4 Å². The fourth-order valence-corrected chi connectivity index (χ4v) is 9.77. The number of hydrogen-bond donors (Lipinski definition) is 0. The minimum Gasteiger partial charge on any atom is -0.456 e. The SMILES string of the molecule is c1ccc(-c2ccc3cc(-n4c5ccccc5c5cc(-c6ccc7c(c6)c6ccc8ccccc8c6n7-c6cccc7oc8ccccc8c67)ccc54)ccc3c2)cc1. The third kappa shape index (κ3) is 4.76. The van der Waals surface area contributed by atoms with Crippen molar-refractivity contribution in [3.63, 3.8) is 0 Å². The second-order valence-corrected chi connectivity index (χ2v) is 15.7. The van der Waals surface area contributed by atoms with E-state index in [4.69, 9.17) is 4.42 Å². The summed E-state index contributed by atoms with van der Waals surface area (Å²) in [6.07, 6.45) is 0. The average molecular weight is 751 g/mol. The second-order valence-electron chi connectivity index (χ2n) is 15.7. The third-order valence-corrected chi connectivity index (χ3v) is 12.5. The Morgan fingerprint density at radius 2 is 0.915 bits per heavy atom. The Balaban J connectivity index is 0.996. The van der Waals surface area contributed by atoms with Gasteiger partial charge in [-0.25, -0.2) is 0 Å². The monoisotopic (exact) mass is 750 g/mol. The van der Waals surface area contributed by atoms with Gasteiger partial charge in [0.15, 0.2) is 0 Å². The van der Waals surface area contributed by atoms with Crippen LogP contribution in [-0.4, -0.2) is 9.13 Å². The molecule has 13 rings (SSSR count). The van der Waals surface area contributed by atoms with Crippen molar-refractivity contribution >= 4 is 87.1 Å². The van der Waals surface area contributed by atoms with Crippen molar-refractivity contribution in [3.8, 4) is 33.6 Å². The van der Waals surface area contributed by atoms with E-state index in [2.05, 4.69) is 209 Å². The van der Waals surface area contributed by atoms with Gasteiger partial charge in [0.25, 0.3) is 0 Å². The summed E-state index contributed by atoms with van der Waals surface area (Å²) in [5, 5.41) is 12.1. The van der Waals surface area contributed by atoms with Crippen molar-refractivity contribution in [1.82, 2.24) is 9.13 Å². The molecule has 3 heterocycles. The van der Waals surface area contributed by atoms with Gasteiger partial charge in [0.1, 0.15) is 11.2 Å².